The van der Waals surface area contributed by atoms with Crippen LogP contribution < -0.4 is 0 Å². The van der Waals surface area contributed by atoms with Gasteiger partial charge in [-0.3, -0.25) is 9.48 Å². The summed E-state index contributed by atoms with van der Waals surface area (Å²) in [5.74, 6) is -0.539. The van der Waals surface area contributed by atoms with Crippen molar-refractivity contribution in [2.45, 2.75) is 19.1 Å². The van der Waals surface area contributed by atoms with E-state index in [1.54, 1.807) is 15.8 Å². The van der Waals surface area contributed by atoms with Crippen LogP contribution in [0.1, 0.15) is 22.5 Å². The molecule has 0 aliphatic carbocycles. The summed E-state index contributed by atoms with van der Waals surface area (Å²) in [6.45, 7) is 4.27. The first kappa shape index (κ1) is 11.7. The Morgan fingerprint density at radius 1 is 1.44 bits per heavy atom. The third kappa shape index (κ3) is 1.81. The van der Waals surface area contributed by atoms with Crippen LogP contribution in [0, 0.1) is 6.92 Å². The molecule has 6 heteroatoms. The zero-order valence-corrected chi connectivity index (χ0v) is 10.7. The van der Waals surface area contributed by atoms with Gasteiger partial charge < -0.3 is 14.4 Å². The molecule has 1 aromatic heterocycles. The predicted octanol–water partition coefficient (Wildman–Crippen LogP) is 0.318. The van der Waals surface area contributed by atoms with Gasteiger partial charge in [0.15, 0.2) is 5.79 Å². The number of ether oxygens (including phenoxy) is 2. The van der Waals surface area contributed by atoms with Crippen LogP contribution in [0.3, 0.4) is 0 Å². The molecule has 98 valence electrons. The van der Waals surface area contributed by atoms with Crippen LogP contribution in [0.4, 0.5) is 0 Å². The maximum absolute atomic E-state index is 12.4. The van der Waals surface area contributed by atoms with Crippen molar-refractivity contribution in [1.82, 2.24) is 14.7 Å². The zero-order chi connectivity index (χ0) is 12.8. The highest BCUT2D eigenvalue weighted by Gasteiger charge is 2.45. The number of hydrogen-bond acceptors (Lipinski definition) is 4. The largest absolute Gasteiger partial charge is 0.346 e. The minimum absolute atomic E-state index is 0.0107. The number of aryl methyl sites for hydroxylation is 2. The summed E-state index contributed by atoms with van der Waals surface area (Å²) < 4.78 is 12.9. The maximum Gasteiger partial charge on any atom is 0.257 e. The maximum atomic E-state index is 12.4. The molecule has 18 heavy (non-hydrogen) atoms. The minimum atomic E-state index is -0.550. The van der Waals surface area contributed by atoms with Crippen molar-refractivity contribution >= 4 is 5.91 Å². The van der Waals surface area contributed by atoms with Crippen molar-refractivity contribution in [2.24, 2.45) is 7.05 Å². The monoisotopic (exact) mass is 251 g/mol. The van der Waals surface area contributed by atoms with Crippen LogP contribution in [0.2, 0.25) is 0 Å². The number of likely N-dealkylation sites (tertiary alicyclic amines) is 1. The van der Waals surface area contributed by atoms with Crippen molar-refractivity contribution in [1.29, 1.82) is 0 Å². The first-order chi connectivity index (χ1) is 8.60. The number of aromatic nitrogens is 2. The van der Waals surface area contributed by atoms with Crippen LogP contribution in [0.5, 0.6) is 0 Å². The molecule has 0 unspecified atom stereocenters. The van der Waals surface area contributed by atoms with Crippen LogP contribution in [-0.4, -0.2) is 52.7 Å². The van der Waals surface area contributed by atoms with Gasteiger partial charge in [-0.05, 0) is 6.92 Å². The van der Waals surface area contributed by atoms with E-state index in [-0.39, 0.29) is 5.91 Å². The van der Waals surface area contributed by atoms with E-state index in [9.17, 15) is 4.79 Å². The van der Waals surface area contributed by atoms with Crippen molar-refractivity contribution in [2.75, 3.05) is 26.3 Å². The molecule has 6 nitrogen and oxygen atoms in total. The zero-order valence-electron chi connectivity index (χ0n) is 10.7. The number of carbonyl (C=O) groups is 1. The summed E-state index contributed by atoms with van der Waals surface area (Å²) >= 11 is 0. The van der Waals surface area contributed by atoms with Crippen molar-refractivity contribution in [3.8, 4) is 0 Å². The molecule has 1 spiro atoms. The van der Waals surface area contributed by atoms with E-state index in [1.807, 2.05) is 14.0 Å². The van der Waals surface area contributed by atoms with E-state index in [0.717, 1.165) is 12.1 Å². The molecule has 0 saturated carbocycles. The molecule has 0 aromatic carbocycles. The third-order valence-corrected chi connectivity index (χ3v) is 3.54. The van der Waals surface area contributed by atoms with Crippen molar-refractivity contribution < 1.29 is 14.3 Å². The molecule has 0 N–H and O–H groups in total. The SMILES string of the molecule is Cc1nn(C)cc1C(=O)N1CCC2(C1)OCCO2. The van der Waals surface area contributed by atoms with Crippen LogP contribution in [0.15, 0.2) is 6.20 Å². The lowest BCUT2D eigenvalue weighted by atomic mass is 10.2. The van der Waals surface area contributed by atoms with Crippen LogP contribution in [0.25, 0.3) is 0 Å². The fourth-order valence-electron chi connectivity index (χ4n) is 2.64. The Kier molecular flexibility index (Phi) is 2.64. The normalized spacial score (nSPS) is 22.0. The molecule has 1 amide bonds. The van der Waals surface area contributed by atoms with E-state index >= 15 is 0 Å². The second kappa shape index (κ2) is 4.07. The average Bonchev–Trinajstić information content (AvgIpc) is 3.02. The van der Waals surface area contributed by atoms with Gasteiger partial charge in [0.2, 0.25) is 0 Å². The van der Waals surface area contributed by atoms with Gasteiger partial charge in [0.25, 0.3) is 5.91 Å². The van der Waals surface area contributed by atoms with Gasteiger partial charge >= 0.3 is 0 Å². The standard InChI is InChI=1S/C12H17N3O3/c1-9-10(7-14(2)13-9)11(16)15-4-3-12(8-15)17-5-6-18-12/h7H,3-6,8H2,1-2H3. The van der Waals surface area contributed by atoms with Crippen LogP contribution in [-0.2, 0) is 16.5 Å². The number of hydrogen-bond donors (Lipinski definition) is 0. The lowest BCUT2D eigenvalue weighted by Crippen LogP contribution is -2.37. The molecule has 2 aliphatic heterocycles. The molecule has 1 aromatic rings. The summed E-state index contributed by atoms with van der Waals surface area (Å²) in [6, 6.07) is 0. The third-order valence-electron chi connectivity index (χ3n) is 3.54. The lowest BCUT2D eigenvalue weighted by molar-refractivity contribution is -0.143. The summed E-state index contributed by atoms with van der Waals surface area (Å²) in [4.78, 5) is 14.2. The summed E-state index contributed by atoms with van der Waals surface area (Å²) in [5, 5.41) is 4.20. The Bertz CT molecular complexity index is 477. The lowest BCUT2D eigenvalue weighted by Gasteiger charge is -2.22. The number of amides is 1. The Hall–Kier alpha value is -1.40. The Labute approximate surface area is 105 Å². The highest BCUT2D eigenvalue weighted by Crippen LogP contribution is 2.31. The van der Waals surface area contributed by atoms with Gasteiger partial charge in [0.1, 0.15) is 0 Å². The Morgan fingerprint density at radius 2 is 2.17 bits per heavy atom. The molecule has 0 atom stereocenters. The van der Waals surface area contributed by atoms with Gasteiger partial charge in [0.05, 0.1) is 31.0 Å². The van der Waals surface area contributed by atoms with Gasteiger partial charge in [-0.15, -0.1) is 0 Å². The van der Waals surface area contributed by atoms with E-state index in [1.165, 1.54) is 0 Å². The highest BCUT2D eigenvalue weighted by atomic mass is 16.7. The number of rotatable bonds is 1. The summed E-state index contributed by atoms with van der Waals surface area (Å²) in [5.41, 5.74) is 1.42. The van der Waals surface area contributed by atoms with E-state index < -0.39 is 5.79 Å². The molecular formula is C12H17N3O3. The average molecular weight is 251 g/mol. The topological polar surface area (TPSA) is 56.6 Å². The quantitative estimate of drug-likeness (QED) is 0.721. The molecule has 0 bridgehead atoms. The van der Waals surface area contributed by atoms with Crippen molar-refractivity contribution in [3.63, 3.8) is 0 Å². The summed E-state index contributed by atoms with van der Waals surface area (Å²) in [6.07, 6.45) is 2.51. The number of carbonyl (C=O) groups excluding carboxylic acids is 1. The predicted molar refractivity (Wildman–Crippen MR) is 63.1 cm³/mol. The smallest absolute Gasteiger partial charge is 0.257 e. The van der Waals surface area contributed by atoms with E-state index in [0.29, 0.717) is 31.9 Å². The minimum Gasteiger partial charge on any atom is -0.346 e. The molecule has 2 saturated heterocycles. The van der Waals surface area contributed by atoms with E-state index in [2.05, 4.69) is 5.10 Å². The van der Waals surface area contributed by atoms with E-state index in [4.69, 9.17) is 9.47 Å². The molecular weight excluding hydrogens is 234 g/mol. The fraction of sp³-hybridized carbons (Fsp3) is 0.667. The second-order valence-corrected chi connectivity index (χ2v) is 4.89. The summed E-state index contributed by atoms with van der Waals surface area (Å²) in [7, 11) is 1.82. The molecule has 2 aliphatic rings. The molecule has 3 rings (SSSR count). The molecule has 3 heterocycles. The first-order valence-corrected chi connectivity index (χ1v) is 6.17. The van der Waals surface area contributed by atoms with Crippen LogP contribution >= 0.6 is 0 Å². The van der Waals surface area contributed by atoms with Crippen molar-refractivity contribution in [3.05, 3.63) is 17.5 Å². The second-order valence-electron chi connectivity index (χ2n) is 4.89. The van der Waals surface area contributed by atoms with Gasteiger partial charge in [-0.25, -0.2) is 0 Å². The molecule has 2 fully saturated rings. The van der Waals surface area contributed by atoms with Gasteiger partial charge in [0, 0.05) is 26.2 Å². The Morgan fingerprint density at radius 3 is 2.78 bits per heavy atom. The highest BCUT2D eigenvalue weighted by molar-refractivity contribution is 5.95. The fourth-order valence-corrected chi connectivity index (χ4v) is 2.64. The van der Waals surface area contributed by atoms with Gasteiger partial charge in [-0.2, -0.15) is 5.10 Å². The van der Waals surface area contributed by atoms with Gasteiger partial charge in [-0.1, -0.05) is 0 Å². The number of nitrogens with zero attached hydrogens (tertiary/aromatic N) is 3. The Balaban J connectivity index is 1.76. The first-order valence-electron chi connectivity index (χ1n) is 6.17. The molecule has 0 radical (unpaired) electrons.